The monoisotopic (exact) mass is 322 g/mol. The summed E-state index contributed by atoms with van der Waals surface area (Å²) >= 11 is 5.40. The van der Waals surface area contributed by atoms with Crippen LogP contribution in [0.25, 0.3) is 0 Å². The van der Waals surface area contributed by atoms with Gasteiger partial charge in [-0.3, -0.25) is 5.01 Å². The van der Waals surface area contributed by atoms with Crippen molar-refractivity contribution in [1.29, 1.82) is 0 Å². The summed E-state index contributed by atoms with van der Waals surface area (Å²) in [6.45, 7) is 2.21. The van der Waals surface area contributed by atoms with Gasteiger partial charge in [0.2, 0.25) is 5.16 Å². The number of fused-ring (bicyclic) bond motifs is 3. The van der Waals surface area contributed by atoms with Crippen LogP contribution in [0.3, 0.4) is 0 Å². The number of unbranched alkanes of at least 4 members (excludes halogenated alkanes) is 1. The lowest BCUT2D eigenvalue weighted by molar-refractivity contribution is 0.594. The van der Waals surface area contributed by atoms with Gasteiger partial charge in [0, 0.05) is 16.7 Å². The Morgan fingerprint density at radius 1 is 1.35 bits per heavy atom. The zero-order valence-electron chi connectivity index (χ0n) is 11.0. The van der Waals surface area contributed by atoms with E-state index in [0.717, 1.165) is 23.8 Å². The van der Waals surface area contributed by atoms with Crippen LogP contribution in [0, 0.1) is 0 Å². The van der Waals surface area contributed by atoms with Gasteiger partial charge < -0.3 is 0 Å². The second-order valence-electron chi connectivity index (χ2n) is 4.72. The van der Waals surface area contributed by atoms with Gasteiger partial charge in [-0.05, 0) is 29.6 Å². The lowest BCUT2D eigenvalue weighted by atomic mass is 10.2. The second-order valence-corrected chi connectivity index (χ2v) is 7.64. The maximum absolute atomic E-state index is 4.37. The molecule has 20 heavy (non-hydrogen) atoms. The maximum Gasteiger partial charge on any atom is 0.216 e. The van der Waals surface area contributed by atoms with Gasteiger partial charge >= 0.3 is 0 Å². The predicted octanol–water partition coefficient (Wildman–Crippen LogP) is 3.97. The number of aryl methyl sites for hydroxylation is 1. The molecular weight excluding hydrogens is 308 g/mol. The minimum atomic E-state index is 0.329. The van der Waals surface area contributed by atoms with Crippen LogP contribution >= 0.6 is 34.9 Å². The van der Waals surface area contributed by atoms with Gasteiger partial charge in [0.1, 0.15) is 10.4 Å². The third-order valence-electron chi connectivity index (χ3n) is 3.37. The molecule has 1 unspecified atom stereocenters. The van der Waals surface area contributed by atoms with Crippen LogP contribution in [-0.2, 0) is 6.42 Å². The number of thiophene rings is 1. The highest BCUT2D eigenvalue weighted by molar-refractivity contribution is 8.07. The quantitative estimate of drug-likeness (QED) is 0.851. The number of hydrogen-bond acceptors (Lipinski definition) is 6. The molecule has 4 rings (SSSR count). The molecule has 104 valence electrons. The summed E-state index contributed by atoms with van der Waals surface area (Å²) in [6, 6.07) is 4.32. The third kappa shape index (κ3) is 1.91. The van der Waals surface area contributed by atoms with Gasteiger partial charge in [-0.25, -0.2) is 4.68 Å². The van der Waals surface area contributed by atoms with Gasteiger partial charge in [0.05, 0.1) is 0 Å². The van der Waals surface area contributed by atoms with E-state index in [0.29, 0.717) is 5.37 Å². The molecule has 0 saturated heterocycles. The van der Waals surface area contributed by atoms with E-state index < -0.39 is 0 Å². The van der Waals surface area contributed by atoms with Crippen LogP contribution in [0.5, 0.6) is 0 Å². The molecule has 2 aliphatic rings. The molecule has 0 amide bonds. The van der Waals surface area contributed by atoms with E-state index in [-0.39, 0.29) is 0 Å². The van der Waals surface area contributed by atoms with Gasteiger partial charge in [0.25, 0.3) is 0 Å². The molecule has 0 bridgehead atoms. The van der Waals surface area contributed by atoms with Crippen LogP contribution in [0.15, 0.2) is 33.1 Å². The molecule has 2 aromatic heterocycles. The molecule has 0 spiro atoms. The fourth-order valence-corrected chi connectivity index (χ4v) is 5.57. The lowest BCUT2D eigenvalue weighted by Gasteiger charge is -2.24. The highest BCUT2D eigenvalue weighted by Crippen LogP contribution is 2.51. The fraction of sp³-hybridized carbons (Fsp3) is 0.385. The van der Waals surface area contributed by atoms with Crippen molar-refractivity contribution in [2.45, 2.75) is 36.7 Å². The van der Waals surface area contributed by atoms with E-state index in [2.05, 4.69) is 49.7 Å². The molecule has 0 N–H and O–H groups in total. The topological polar surface area (TPSA) is 34.0 Å². The van der Waals surface area contributed by atoms with Crippen molar-refractivity contribution in [3.8, 4) is 0 Å². The highest BCUT2D eigenvalue weighted by atomic mass is 32.2. The van der Waals surface area contributed by atoms with Gasteiger partial charge in [-0.15, -0.1) is 21.5 Å². The van der Waals surface area contributed by atoms with Crippen LogP contribution in [-0.4, -0.2) is 14.9 Å². The largest absolute Gasteiger partial charge is 0.252 e. The molecule has 4 nitrogen and oxygen atoms in total. The molecule has 0 aromatic carbocycles. The first kappa shape index (κ1) is 12.8. The van der Waals surface area contributed by atoms with Crippen molar-refractivity contribution in [1.82, 2.24) is 14.9 Å². The Morgan fingerprint density at radius 2 is 2.30 bits per heavy atom. The normalized spacial score (nSPS) is 20.1. The smallest absolute Gasteiger partial charge is 0.216 e. The summed E-state index contributed by atoms with van der Waals surface area (Å²) in [6.07, 6.45) is 3.34. The first-order valence-corrected chi connectivity index (χ1v) is 9.33. The molecule has 1 atom stereocenters. The molecule has 0 fully saturated rings. The van der Waals surface area contributed by atoms with E-state index >= 15 is 0 Å². The van der Waals surface area contributed by atoms with E-state index in [1.165, 1.54) is 16.3 Å². The Balaban J connectivity index is 1.70. The van der Waals surface area contributed by atoms with Gasteiger partial charge in [-0.1, -0.05) is 31.2 Å². The van der Waals surface area contributed by atoms with Crippen molar-refractivity contribution in [2.75, 3.05) is 5.01 Å². The molecule has 0 radical (unpaired) electrons. The van der Waals surface area contributed by atoms with Crippen LogP contribution in [0.2, 0.25) is 0 Å². The van der Waals surface area contributed by atoms with Crippen LogP contribution in [0.1, 0.15) is 35.8 Å². The van der Waals surface area contributed by atoms with E-state index in [9.17, 15) is 0 Å². The molecule has 2 aromatic rings. The number of nitrogens with zero attached hydrogens (tertiary/aromatic N) is 4. The summed E-state index contributed by atoms with van der Waals surface area (Å²) in [5.41, 5.74) is 0. The van der Waals surface area contributed by atoms with Gasteiger partial charge in [-0.2, -0.15) is 0 Å². The third-order valence-corrected chi connectivity index (χ3v) is 6.62. The standard InChI is InChI=1S/C13H14N4S3/c1-2-3-6-10-14-15-13-16(10)17-11(20-13)8-19-12(17)9-5-4-7-18-9/h4-5,7-8,12H,2-3,6H2,1H3. The van der Waals surface area contributed by atoms with Crippen molar-refractivity contribution in [2.24, 2.45) is 0 Å². The molecule has 0 saturated carbocycles. The Kier molecular flexibility index (Phi) is 3.28. The van der Waals surface area contributed by atoms with Gasteiger partial charge in [0.15, 0.2) is 5.82 Å². The molecule has 2 aliphatic heterocycles. The van der Waals surface area contributed by atoms with Crippen LogP contribution < -0.4 is 5.01 Å². The summed E-state index contributed by atoms with van der Waals surface area (Å²) < 4.78 is 2.22. The number of hydrogen-bond donors (Lipinski definition) is 0. The van der Waals surface area contributed by atoms with E-state index in [4.69, 9.17) is 0 Å². The maximum atomic E-state index is 4.37. The molecule has 0 aliphatic carbocycles. The van der Waals surface area contributed by atoms with E-state index in [1.54, 1.807) is 11.8 Å². The van der Waals surface area contributed by atoms with Crippen molar-refractivity contribution in [3.05, 3.63) is 38.7 Å². The molecular formula is C13H14N4S3. The number of thioether (sulfide) groups is 2. The van der Waals surface area contributed by atoms with E-state index in [1.807, 2.05) is 23.1 Å². The Labute approximate surface area is 130 Å². The average molecular weight is 322 g/mol. The zero-order chi connectivity index (χ0) is 13.5. The lowest BCUT2D eigenvalue weighted by Crippen LogP contribution is -2.30. The van der Waals surface area contributed by atoms with Crippen LogP contribution in [0.4, 0.5) is 0 Å². The molecule has 7 heteroatoms. The number of aromatic nitrogens is 3. The first-order valence-electron chi connectivity index (χ1n) is 6.69. The highest BCUT2D eigenvalue weighted by Gasteiger charge is 2.39. The predicted molar refractivity (Wildman–Crippen MR) is 85.4 cm³/mol. The Hall–Kier alpha value is -0.920. The summed E-state index contributed by atoms with van der Waals surface area (Å²) in [5.74, 6) is 1.09. The van der Waals surface area contributed by atoms with Crippen molar-refractivity contribution in [3.63, 3.8) is 0 Å². The summed E-state index contributed by atoms with van der Waals surface area (Å²) in [5, 5.41) is 18.0. The SMILES string of the molecule is CCCCc1nnc2n1N1C(=CSC1c1cccs1)S2. The zero-order valence-corrected chi connectivity index (χ0v) is 13.5. The minimum Gasteiger partial charge on any atom is -0.252 e. The van der Waals surface area contributed by atoms with Crippen molar-refractivity contribution < 1.29 is 0 Å². The first-order chi connectivity index (χ1) is 9.88. The summed E-state index contributed by atoms with van der Waals surface area (Å²) in [4.78, 5) is 1.38. The Morgan fingerprint density at radius 3 is 3.10 bits per heavy atom. The average Bonchev–Trinajstić information content (AvgIpc) is 3.18. The van der Waals surface area contributed by atoms with Crippen molar-refractivity contribution >= 4 is 34.9 Å². The summed E-state index contributed by atoms with van der Waals surface area (Å²) in [7, 11) is 0. The number of rotatable bonds is 4. The molecule has 4 heterocycles. The second kappa shape index (κ2) is 5.13. The fourth-order valence-electron chi connectivity index (χ4n) is 2.40. The Bertz CT molecular complexity index is 647. The minimum absolute atomic E-state index is 0.329.